The van der Waals surface area contributed by atoms with Gasteiger partial charge in [0, 0.05) is 44.0 Å². The highest BCUT2D eigenvalue weighted by molar-refractivity contribution is 7.98. The summed E-state index contributed by atoms with van der Waals surface area (Å²) in [4.78, 5) is 8.55. The molecule has 0 bridgehead atoms. The van der Waals surface area contributed by atoms with Gasteiger partial charge in [0.05, 0.1) is 26.0 Å². The van der Waals surface area contributed by atoms with E-state index in [1.54, 1.807) is 18.0 Å². The molecule has 0 unspecified atom stereocenters. The van der Waals surface area contributed by atoms with E-state index >= 15 is 0 Å². The minimum absolute atomic E-state index is 0.657. The van der Waals surface area contributed by atoms with Crippen molar-refractivity contribution < 1.29 is 9.15 Å². The molecule has 3 rings (SSSR count). The number of aryl methyl sites for hydroxylation is 1. The number of hydrogen-bond donors (Lipinski definition) is 2. The fourth-order valence-corrected chi connectivity index (χ4v) is 3.94. The molecule has 1 fully saturated rings. The van der Waals surface area contributed by atoms with Crippen LogP contribution in [0.4, 0.5) is 0 Å². The summed E-state index contributed by atoms with van der Waals surface area (Å²) >= 11 is 1.77. The standard InChI is InChI=1S/C22H32N4O2S/c1-18-5-6-19(21(16-18)29-2)17-25-22(23-8-7-20-4-3-13-28-20)24-9-10-26-11-14-27-15-12-26/h3-6,13,16H,7-12,14-15,17H2,1-2H3,(H2,23,24,25). The molecule has 29 heavy (non-hydrogen) atoms. The number of nitrogens with one attached hydrogen (secondary N) is 2. The Balaban J connectivity index is 1.56. The van der Waals surface area contributed by atoms with Crippen LogP contribution in [-0.4, -0.2) is 63.1 Å². The van der Waals surface area contributed by atoms with Gasteiger partial charge >= 0.3 is 0 Å². The second-order valence-electron chi connectivity index (χ2n) is 7.12. The summed E-state index contributed by atoms with van der Waals surface area (Å²) in [7, 11) is 0. The number of furan rings is 1. The van der Waals surface area contributed by atoms with Crippen molar-refractivity contribution in [2.24, 2.45) is 4.99 Å². The van der Waals surface area contributed by atoms with Gasteiger partial charge in [0.25, 0.3) is 0 Å². The second kappa shape index (κ2) is 11.9. The van der Waals surface area contributed by atoms with Crippen molar-refractivity contribution in [1.82, 2.24) is 15.5 Å². The molecule has 2 heterocycles. The van der Waals surface area contributed by atoms with E-state index in [2.05, 4.69) is 46.9 Å². The number of nitrogens with zero attached hydrogens (tertiary/aromatic N) is 2. The van der Waals surface area contributed by atoms with Gasteiger partial charge in [-0.1, -0.05) is 12.1 Å². The Labute approximate surface area is 178 Å². The quantitative estimate of drug-likeness (QED) is 0.372. The van der Waals surface area contributed by atoms with E-state index in [1.165, 1.54) is 16.0 Å². The fraction of sp³-hybridized carbons (Fsp3) is 0.500. The molecule has 0 amide bonds. The number of benzene rings is 1. The van der Waals surface area contributed by atoms with Crippen molar-refractivity contribution in [3.05, 3.63) is 53.5 Å². The zero-order valence-corrected chi connectivity index (χ0v) is 18.3. The molecule has 1 aliphatic rings. The summed E-state index contributed by atoms with van der Waals surface area (Å²) in [6.07, 6.45) is 4.66. The lowest BCUT2D eigenvalue weighted by Gasteiger charge is -2.26. The van der Waals surface area contributed by atoms with Gasteiger partial charge < -0.3 is 19.8 Å². The van der Waals surface area contributed by atoms with Gasteiger partial charge in [0.2, 0.25) is 0 Å². The van der Waals surface area contributed by atoms with E-state index in [-0.39, 0.29) is 0 Å². The van der Waals surface area contributed by atoms with E-state index < -0.39 is 0 Å². The van der Waals surface area contributed by atoms with E-state index in [9.17, 15) is 0 Å². The Bertz CT molecular complexity index is 758. The number of guanidine groups is 1. The summed E-state index contributed by atoms with van der Waals surface area (Å²) in [6, 6.07) is 10.5. The van der Waals surface area contributed by atoms with Crippen LogP contribution in [0, 0.1) is 6.92 Å². The molecule has 158 valence electrons. The van der Waals surface area contributed by atoms with Crippen molar-refractivity contribution in [2.45, 2.75) is 24.8 Å². The minimum Gasteiger partial charge on any atom is -0.469 e. The van der Waals surface area contributed by atoms with Gasteiger partial charge in [-0.3, -0.25) is 4.90 Å². The van der Waals surface area contributed by atoms with Crippen molar-refractivity contribution >= 4 is 17.7 Å². The number of rotatable bonds is 9. The average Bonchev–Trinajstić information content (AvgIpc) is 3.26. The molecule has 2 aromatic rings. The van der Waals surface area contributed by atoms with Crippen molar-refractivity contribution in [1.29, 1.82) is 0 Å². The predicted molar refractivity (Wildman–Crippen MR) is 120 cm³/mol. The van der Waals surface area contributed by atoms with Crippen LogP contribution in [0.2, 0.25) is 0 Å². The fourth-order valence-electron chi connectivity index (χ4n) is 3.24. The number of morpholine rings is 1. The van der Waals surface area contributed by atoms with Crippen LogP contribution in [-0.2, 0) is 17.7 Å². The molecular formula is C22H32N4O2S. The Hall–Kier alpha value is -1.96. The molecule has 2 N–H and O–H groups in total. The molecular weight excluding hydrogens is 384 g/mol. The maximum atomic E-state index is 5.43. The van der Waals surface area contributed by atoms with Crippen molar-refractivity contribution in [2.75, 3.05) is 52.2 Å². The van der Waals surface area contributed by atoms with Crippen molar-refractivity contribution in [3.63, 3.8) is 0 Å². The van der Waals surface area contributed by atoms with Crippen LogP contribution in [0.1, 0.15) is 16.9 Å². The van der Waals surface area contributed by atoms with E-state index in [4.69, 9.17) is 14.1 Å². The first-order valence-corrected chi connectivity index (χ1v) is 11.5. The van der Waals surface area contributed by atoms with Crippen LogP contribution in [0.5, 0.6) is 0 Å². The molecule has 0 radical (unpaired) electrons. The lowest BCUT2D eigenvalue weighted by Crippen LogP contribution is -2.44. The average molecular weight is 417 g/mol. The summed E-state index contributed by atoms with van der Waals surface area (Å²) in [5, 5.41) is 6.93. The SMILES string of the molecule is CSc1cc(C)ccc1CN=C(NCCc1ccco1)NCCN1CCOCC1. The first kappa shape index (κ1) is 21.7. The zero-order valence-electron chi connectivity index (χ0n) is 17.4. The van der Waals surface area contributed by atoms with Crippen molar-refractivity contribution in [3.8, 4) is 0 Å². The first-order valence-electron chi connectivity index (χ1n) is 10.2. The van der Waals surface area contributed by atoms with E-state index in [1.807, 2.05) is 12.1 Å². The molecule has 1 aliphatic heterocycles. The van der Waals surface area contributed by atoms with Crippen LogP contribution in [0.25, 0.3) is 0 Å². The Morgan fingerprint density at radius 3 is 2.76 bits per heavy atom. The number of thioether (sulfide) groups is 1. The highest BCUT2D eigenvalue weighted by Gasteiger charge is 2.10. The lowest BCUT2D eigenvalue weighted by molar-refractivity contribution is 0.0389. The van der Waals surface area contributed by atoms with Gasteiger partial charge in [0.15, 0.2) is 5.96 Å². The van der Waals surface area contributed by atoms with Gasteiger partial charge in [-0.2, -0.15) is 0 Å². The number of hydrogen-bond acceptors (Lipinski definition) is 5. The number of ether oxygens (including phenoxy) is 1. The number of aliphatic imine (C=N–C) groups is 1. The molecule has 0 saturated carbocycles. The van der Waals surface area contributed by atoms with E-state index in [0.29, 0.717) is 6.54 Å². The zero-order chi connectivity index (χ0) is 20.3. The molecule has 7 heteroatoms. The molecule has 0 atom stereocenters. The summed E-state index contributed by atoms with van der Waals surface area (Å²) in [6.45, 7) is 9.06. The third-order valence-electron chi connectivity index (χ3n) is 4.92. The Morgan fingerprint density at radius 1 is 1.17 bits per heavy atom. The maximum absolute atomic E-state index is 5.43. The predicted octanol–water partition coefficient (Wildman–Crippen LogP) is 2.92. The van der Waals surface area contributed by atoms with E-state index in [0.717, 1.165) is 64.1 Å². The van der Waals surface area contributed by atoms with Crippen LogP contribution in [0.15, 0.2) is 50.9 Å². The minimum atomic E-state index is 0.657. The molecule has 0 spiro atoms. The van der Waals surface area contributed by atoms with Crippen LogP contribution < -0.4 is 10.6 Å². The summed E-state index contributed by atoms with van der Waals surface area (Å²) in [5.74, 6) is 1.82. The van der Waals surface area contributed by atoms with Gasteiger partial charge in [0.1, 0.15) is 5.76 Å². The summed E-state index contributed by atoms with van der Waals surface area (Å²) < 4.78 is 10.8. The lowest BCUT2D eigenvalue weighted by atomic mass is 10.1. The normalized spacial score (nSPS) is 15.4. The molecule has 6 nitrogen and oxygen atoms in total. The molecule has 0 aliphatic carbocycles. The highest BCUT2D eigenvalue weighted by atomic mass is 32.2. The maximum Gasteiger partial charge on any atom is 0.191 e. The molecule has 1 saturated heterocycles. The monoisotopic (exact) mass is 416 g/mol. The molecule has 1 aromatic heterocycles. The van der Waals surface area contributed by atoms with Gasteiger partial charge in [-0.05, 0) is 42.5 Å². The van der Waals surface area contributed by atoms with Gasteiger partial charge in [-0.25, -0.2) is 4.99 Å². The third kappa shape index (κ3) is 7.42. The Morgan fingerprint density at radius 2 is 2.00 bits per heavy atom. The van der Waals surface area contributed by atoms with Crippen LogP contribution >= 0.6 is 11.8 Å². The first-order chi connectivity index (χ1) is 14.2. The van der Waals surface area contributed by atoms with Gasteiger partial charge in [-0.15, -0.1) is 11.8 Å². The molecule has 1 aromatic carbocycles. The second-order valence-corrected chi connectivity index (χ2v) is 7.97. The highest BCUT2D eigenvalue weighted by Crippen LogP contribution is 2.22. The third-order valence-corrected chi connectivity index (χ3v) is 5.74. The topological polar surface area (TPSA) is 62.0 Å². The smallest absolute Gasteiger partial charge is 0.191 e. The Kier molecular flexibility index (Phi) is 8.92. The van der Waals surface area contributed by atoms with Crippen LogP contribution in [0.3, 0.4) is 0 Å². The largest absolute Gasteiger partial charge is 0.469 e. The summed E-state index contributed by atoms with van der Waals surface area (Å²) in [5.41, 5.74) is 2.53.